The van der Waals surface area contributed by atoms with Crippen molar-refractivity contribution >= 4 is 0 Å². The van der Waals surface area contributed by atoms with Crippen molar-refractivity contribution < 1.29 is 18.3 Å². The van der Waals surface area contributed by atoms with Crippen LogP contribution in [0.25, 0.3) is 0 Å². The largest absolute Gasteiger partial charge is 0.416 e. The van der Waals surface area contributed by atoms with Gasteiger partial charge in [-0.1, -0.05) is 26.0 Å². The van der Waals surface area contributed by atoms with Crippen LogP contribution >= 0.6 is 0 Å². The molecular formula is C14H20F3NO. The van der Waals surface area contributed by atoms with E-state index in [1.807, 2.05) is 13.8 Å². The molecule has 0 radical (unpaired) electrons. The SMILES string of the molecule is CCC(C)(CO)CNCc1ccc(C(F)(F)F)cc1. The number of halogens is 3. The van der Waals surface area contributed by atoms with E-state index < -0.39 is 11.7 Å². The molecule has 1 rings (SSSR count). The molecule has 0 fully saturated rings. The van der Waals surface area contributed by atoms with Gasteiger partial charge in [0.1, 0.15) is 0 Å². The Kier molecular flexibility index (Phi) is 5.38. The van der Waals surface area contributed by atoms with Crippen LogP contribution in [0.3, 0.4) is 0 Å². The number of nitrogens with one attached hydrogen (secondary N) is 1. The van der Waals surface area contributed by atoms with Crippen LogP contribution in [0.5, 0.6) is 0 Å². The number of benzene rings is 1. The summed E-state index contributed by atoms with van der Waals surface area (Å²) < 4.78 is 37.1. The molecule has 0 aliphatic rings. The molecule has 1 aromatic rings. The van der Waals surface area contributed by atoms with E-state index in [4.69, 9.17) is 0 Å². The molecule has 1 aromatic carbocycles. The Morgan fingerprint density at radius 1 is 1.16 bits per heavy atom. The first kappa shape index (κ1) is 16.0. The number of rotatable bonds is 6. The number of alkyl halides is 3. The molecule has 0 aromatic heterocycles. The topological polar surface area (TPSA) is 32.3 Å². The maximum atomic E-state index is 12.4. The summed E-state index contributed by atoms with van der Waals surface area (Å²) in [6, 6.07) is 5.11. The molecule has 0 saturated heterocycles. The first-order chi connectivity index (χ1) is 8.80. The van der Waals surface area contributed by atoms with Gasteiger partial charge >= 0.3 is 6.18 Å². The second kappa shape index (κ2) is 6.39. The molecule has 0 heterocycles. The van der Waals surface area contributed by atoms with E-state index in [0.29, 0.717) is 13.1 Å². The van der Waals surface area contributed by atoms with Crippen molar-refractivity contribution in [1.82, 2.24) is 5.32 Å². The van der Waals surface area contributed by atoms with Gasteiger partial charge < -0.3 is 10.4 Å². The third-order valence-electron chi connectivity index (χ3n) is 3.40. The van der Waals surface area contributed by atoms with E-state index in [-0.39, 0.29) is 12.0 Å². The molecule has 0 aliphatic heterocycles. The summed E-state index contributed by atoms with van der Waals surface area (Å²) in [5, 5.41) is 12.4. The molecule has 2 nitrogen and oxygen atoms in total. The van der Waals surface area contributed by atoms with E-state index in [9.17, 15) is 18.3 Å². The highest BCUT2D eigenvalue weighted by molar-refractivity contribution is 5.24. The zero-order valence-electron chi connectivity index (χ0n) is 11.2. The molecular weight excluding hydrogens is 255 g/mol. The monoisotopic (exact) mass is 275 g/mol. The number of aliphatic hydroxyl groups is 1. The first-order valence-corrected chi connectivity index (χ1v) is 6.28. The minimum Gasteiger partial charge on any atom is -0.396 e. The average molecular weight is 275 g/mol. The summed E-state index contributed by atoms with van der Waals surface area (Å²) in [4.78, 5) is 0. The minimum atomic E-state index is -4.29. The Morgan fingerprint density at radius 2 is 1.74 bits per heavy atom. The van der Waals surface area contributed by atoms with Crippen LogP contribution in [0.2, 0.25) is 0 Å². The van der Waals surface area contributed by atoms with Gasteiger partial charge in [0.25, 0.3) is 0 Å². The third kappa shape index (κ3) is 4.84. The summed E-state index contributed by atoms with van der Waals surface area (Å²) in [5.74, 6) is 0. The normalized spacial score (nSPS) is 15.3. The van der Waals surface area contributed by atoms with Gasteiger partial charge in [-0.25, -0.2) is 0 Å². The molecule has 0 bridgehead atoms. The van der Waals surface area contributed by atoms with Crippen molar-refractivity contribution in [3.8, 4) is 0 Å². The maximum absolute atomic E-state index is 12.4. The van der Waals surface area contributed by atoms with E-state index in [1.165, 1.54) is 12.1 Å². The van der Waals surface area contributed by atoms with Crippen LogP contribution in [-0.4, -0.2) is 18.3 Å². The highest BCUT2D eigenvalue weighted by Gasteiger charge is 2.29. The standard InChI is InChI=1S/C14H20F3NO/c1-3-13(2,10-19)9-18-8-11-4-6-12(7-5-11)14(15,16)17/h4-7,18-19H,3,8-10H2,1-2H3. The van der Waals surface area contributed by atoms with E-state index >= 15 is 0 Å². The smallest absolute Gasteiger partial charge is 0.396 e. The molecule has 1 atom stereocenters. The molecule has 0 amide bonds. The van der Waals surface area contributed by atoms with E-state index in [0.717, 1.165) is 24.1 Å². The van der Waals surface area contributed by atoms with Gasteiger partial charge in [-0.15, -0.1) is 0 Å². The molecule has 19 heavy (non-hydrogen) atoms. The van der Waals surface area contributed by atoms with Gasteiger partial charge in [-0.05, 0) is 24.1 Å². The van der Waals surface area contributed by atoms with Gasteiger partial charge in [0, 0.05) is 25.1 Å². The lowest BCUT2D eigenvalue weighted by molar-refractivity contribution is -0.137. The van der Waals surface area contributed by atoms with Crippen molar-refractivity contribution in [1.29, 1.82) is 0 Å². The van der Waals surface area contributed by atoms with Gasteiger partial charge in [-0.3, -0.25) is 0 Å². The molecule has 0 spiro atoms. The lowest BCUT2D eigenvalue weighted by Gasteiger charge is -2.25. The zero-order valence-corrected chi connectivity index (χ0v) is 11.2. The summed E-state index contributed by atoms with van der Waals surface area (Å²) >= 11 is 0. The predicted octanol–water partition coefficient (Wildman–Crippen LogP) is 3.20. The van der Waals surface area contributed by atoms with Gasteiger partial charge in [0.2, 0.25) is 0 Å². The summed E-state index contributed by atoms with van der Waals surface area (Å²) in [5.41, 5.74) is -0.0271. The van der Waals surface area contributed by atoms with Gasteiger partial charge in [0.05, 0.1) is 5.56 Å². The minimum absolute atomic E-state index is 0.0868. The zero-order chi connectivity index (χ0) is 14.5. The second-order valence-electron chi connectivity index (χ2n) is 5.12. The molecule has 1 unspecified atom stereocenters. The van der Waals surface area contributed by atoms with Crippen LogP contribution < -0.4 is 5.32 Å². The molecule has 0 saturated carbocycles. The quantitative estimate of drug-likeness (QED) is 0.835. The fraction of sp³-hybridized carbons (Fsp3) is 0.571. The van der Waals surface area contributed by atoms with Crippen LogP contribution in [0.15, 0.2) is 24.3 Å². The Morgan fingerprint density at radius 3 is 2.16 bits per heavy atom. The molecule has 2 N–H and O–H groups in total. The van der Waals surface area contributed by atoms with Crippen LogP contribution in [0.1, 0.15) is 31.4 Å². The molecule has 108 valence electrons. The number of aliphatic hydroxyl groups excluding tert-OH is 1. The predicted molar refractivity (Wildman–Crippen MR) is 68.6 cm³/mol. The van der Waals surface area contributed by atoms with E-state index in [2.05, 4.69) is 5.32 Å². The Hall–Kier alpha value is -1.07. The summed E-state index contributed by atoms with van der Waals surface area (Å²) in [7, 11) is 0. The van der Waals surface area contributed by atoms with Crippen LogP contribution in [-0.2, 0) is 12.7 Å². The fourth-order valence-corrected chi connectivity index (χ4v) is 1.61. The first-order valence-electron chi connectivity index (χ1n) is 6.28. The summed E-state index contributed by atoms with van der Waals surface area (Å²) in [6.07, 6.45) is -3.45. The maximum Gasteiger partial charge on any atom is 0.416 e. The van der Waals surface area contributed by atoms with Gasteiger partial charge in [-0.2, -0.15) is 13.2 Å². The van der Waals surface area contributed by atoms with Crippen molar-refractivity contribution in [2.45, 2.75) is 33.0 Å². The average Bonchev–Trinajstić information content (AvgIpc) is 2.38. The lowest BCUT2D eigenvalue weighted by atomic mass is 9.88. The molecule has 5 heteroatoms. The van der Waals surface area contributed by atoms with Crippen molar-refractivity contribution in [3.63, 3.8) is 0 Å². The number of hydrogen-bond acceptors (Lipinski definition) is 2. The fourth-order valence-electron chi connectivity index (χ4n) is 1.61. The Bertz CT molecular complexity index is 383. The Labute approximate surface area is 111 Å². The second-order valence-corrected chi connectivity index (χ2v) is 5.12. The van der Waals surface area contributed by atoms with Crippen molar-refractivity contribution in [2.24, 2.45) is 5.41 Å². The lowest BCUT2D eigenvalue weighted by Crippen LogP contribution is -2.34. The Balaban J connectivity index is 2.51. The van der Waals surface area contributed by atoms with Crippen LogP contribution in [0.4, 0.5) is 13.2 Å². The summed E-state index contributed by atoms with van der Waals surface area (Å²) in [6.45, 7) is 5.17. The van der Waals surface area contributed by atoms with E-state index in [1.54, 1.807) is 0 Å². The molecule has 0 aliphatic carbocycles. The van der Waals surface area contributed by atoms with Gasteiger partial charge in [0.15, 0.2) is 0 Å². The highest BCUT2D eigenvalue weighted by Crippen LogP contribution is 2.29. The van der Waals surface area contributed by atoms with Crippen LogP contribution in [0, 0.1) is 5.41 Å². The third-order valence-corrected chi connectivity index (χ3v) is 3.40. The van der Waals surface area contributed by atoms with Crippen molar-refractivity contribution in [3.05, 3.63) is 35.4 Å². The highest BCUT2D eigenvalue weighted by atomic mass is 19.4. The van der Waals surface area contributed by atoms with Crippen molar-refractivity contribution in [2.75, 3.05) is 13.2 Å². The number of hydrogen-bond donors (Lipinski definition) is 2.